The molecule has 0 amide bonds. The van der Waals surface area contributed by atoms with Crippen LogP contribution < -0.4 is 5.73 Å². The third-order valence-electron chi connectivity index (χ3n) is 4.51. The molecule has 2 N–H and O–H groups in total. The molecular weight excluding hydrogens is 252 g/mol. The average Bonchev–Trinajstić information content (AvgIpc) is 3.02. The topological polar surface area (TPSA) is 38.9 Å². The van der Waals surface area contributed by atoms with Crippen molar-refractivity contribution in [1.82, 2.24) is 4.98 Å². The van der Waals surface area contributed by atoms with E-state index in [9.17, 15) is 0 Å². The SMILES string of the molecule is NC1(c2nc3c(s2)CCCC3)CCc2ccccc21. The molecule has 2 nitrogen and oxygen atoms in total. The minimum Gasteiger partial charge on any atom is -0.316 e. The summed E-state index contributed by atoms with van der Waals surface area (Å²) in [6, 6.07) is 8.59. The largest absolute Gasteiger partial charge is 0.316 e. The fraction of sp³-hybridized carbons (Fsp3) is 0.438. The molecule has 1 unspecified atom stereocenters. The smallest absolute Gasteiger partial charge is 0.118 e. The van der Waals surface area contributed by atoms with E-state index in [4.69, 9.17) is 10.7 Å². The molecule has 2 aliphatic carbocycles. The van der Waals surface area contributed by atoms with Crippen molar-refractivity contribution >= 4 is 11.3 Å². The van der Waals surface area contributed by atoms with Gasteiger partial charge in [0.05, 0.1) is 11.2 Å². The third-order valence-corrected chi connectivity index (χ3v) is 5.85. The van der Waals surface area contributed by atoms with Gasteiger partial charge in [0, 0.05) is 4.88 Å². The van der Waals surface area contributed by atoms with E-state index in [0.717, 1.165) is 24.3 Å². The Morgan fingerprint density at radius 3 is 2.84 bits per heavy atom. The highest BCUT2D eigenvalue weighted by molar-refractivity contribution is 7.12. The van der Waals surface area contributed by atoms with Crippen LogP contribution in [0, 0.1) is 0 Å². The molecule has 0 bridgehead atoms. The maximum absolute atomic E-state index is 6.75. The molecule has 0 radical (unpaired) electrons. The van der Waals surface area contributed by atoms with Crippen molar-refractivity contribution in [3.05, 3.63) is 51.0 Å². The molecule has 1 heterocycles. The molecule has 0 saturated carbocycles. The van der Waals surface area contributed by atoms with E-state index in [1.54, 1.807) is 0 Å². The van der Waals surface area contributed by atoms with Crippen LogP contribution >= 0.6 is 11.3 Å². The Labute approximate surface area is 117 Å². The van der Waals surface area contributed by atoms with Gasteiger partial charge in [-0.15, -0.1) is 11.3 Å². The molecule has 0 fully saturated rings. The first-order valence-corrected chi connectivity index (χ1v) is 7.95. The van der Waals surface area contributed by atoms with Crippen molar-refractivity contribution in [2.45, 2.75) is 44.1 Å². The van der Waals surface area contributed by atoms with Crippen LogP contribution in [0.25, 0.3) is 0 Å². The van der Waals surface area contributed by atoms with Crippen LogP contribution in [0.4, 0.5) is 0 Å². The normalized spacial score (nSPS) is 25.1. The van der Waals surface area contributed by atoms with Gasteiger partial charge < -0.3 is 5.73 Å². The molecule has 0 saturated heterocycles. The number of aromatic nitrogens is 1. The molecule has 98 valence electrons. The predicted molar refractivity (Wildman–Crippen MR) is 78.5 cm³/mol. The number of nitrogens with two attached hydrogens (primary N) is 1. The molecule has 3 heteroatoms. The summed E-state index contributed by atoms with van der Waals surface area (Å²) in [5, 5.41) is 1.14. The third kappa shape index (κ3) is 1.68. The quantitative estimate of drug-likeness (QED) is 0.864. The Bertz CT molecular complexity index is 608. The zero-order chi connectivity index (χ0) is 12.9. The van der Waals surface area contributed by atoms with E-state index in [2.05, 4.69) is 24.3 Å². The first kappa shape index (κ1) is 11.6. The highest BCUT2D eigenvalue weighted by Crippen LogP contribution is 2.42. The van der Waals surface area contributed by atoms with Gasteiger partial charge in [-0.3, -0.25) is 0 Å². The number of aryl methyl sites for hydroxylation is 3. The number of benzene rings is 1. The van der Waals surface area contributed by atoms with Crippen molar-refractivity contribution in [2.24, 2.45) is 5.73 Å². The molecule has 0 aliphatic heterocycles. The summed E-state index contributed by atoms with van der Waals surface area (Å²) in [5.41, 5.74) is 10.4. The summed E-state index contributed by atoms with van der Waals surface area (Å²) in [6.45, 7) is 0. The van der Waals surface area contributed by atoms with E-state index >= 15 is 0 Å². The van der Waals surface area contributed by atoms with E-state index in [1.165, 1.54) is 41.0 Å². The zero-order valence-corrected chi connectivity index (χ0v) is 11.8. The van der Waals surface area contributed by atoms with Crippen LogP contribution in [0.3, 0.4) is 0 Å². The highest BCUT2D eigenvalue weighted by Gasteiger charge is 2.39. The molecule has 2 aromatic rings. The second-order valence-electron chi connectivity index (χ2n) is 5.72. The number of nitrogens with zero attached hydrogens (tertiary/aromatic N) is 1. The Morgan fingerprint density at radius 1 is 1.11 bits per heavy atom. The van der Waals surface area contributed by atoms with E-state index in [0.29, 0.717) is 0 Å². The molecule has 1 atom stereocenters. The summed E-state index contributed by atoms with van der Waals surface area (Å²) >= 11 is 1.86. The molecule has 4 rings (SSSR count). The lowest BCUT2D eigenvalue weighted by molar-refractivity contribution is 0.528. The summed E-state index contributed by atoms with van der Waals surface area (Å²) in [6.07, 6.45) is 7.01. The lowest BCUT2D eigenvalue weighted by atomic mass is 9.94. The van der Waals surface area contributed by atoms with Gasteiger partial charge >= 0.3 is 0 Å². The summed E-state index contributed by atoms with van der Waals surface area (Å²) in [5.74, 6) is 0. The van der Waals surface area contributed by atoms with Gasteiger partial charge in [-0.25, -0.2) is 4.98 Å². The average molecular weight is 270 g/mol. The van der Waals surface area contributed by atoms with Crippen molar-refractivity contribution in [3.8, 4) is 0 Å². The minimum atomic E-state index is -0.335. The molecule has 2 aliphatic rings. The first-order valence-electron chi connectivity index (χ1n) is 7.14. The van der Waals surface area contributed by atoms with Crippen molar-refractivity contribution in [1.29, 1.82) is 0 Å². The molecule has 0 spiro atoms. The monoisotopic (exact) mass is 270 g/mol. The molecule has 19 heavy (non-hydrogen) atoms. The Balaban J connectivity index is 1.82. The summed E-state index contributed by atoms with van der Waals surface area (Å²) in [7, 11) is 0. The lowest BCUT2D eigenvalue weighted by Gasteiger charge is -2.22. The molecular formula is C16H18N2S. The van der Waals surface area contributed by atoms with E-state index in [1.807, 2.05) is 11.3 Å². The number of rotatable bonds is 1. The van der Waals surface area contributed by atoms with Gasteiger partial charge in [0.25, 0.3) is 0 Å². The zero-order valence-electron chi connectivity index (χ0n) is 11.0. The van der Waals surface area contributed by atoms with Crippen molar-refractivity contribution in [3.63, 3.8) is 0 Å². The van der Waals surface area contributed by atoms with Crippen LogP contribution in [0.1, 0.15) is 46.0 Å². The Hall–Kier alpha value is -1.19. The van der Waals surface area contributed by atoms with Crippen LogP contribution in [0.2, 0.25) is 0 Å². The summed E-state index contributed by atoms with van der Waals surface area (Å²) in [4.78, 5) is 6.38. The van der Waals surface area contributed by atoms with E-state index < -0.39 is 0 Å². The van der Waals surface area contributed by atoms with Gasteiger partial charge in [-0.2, -0.15) is 0 Å². The van der Waals surface area contributed by atoms with Crippen molar-refractivity contribution in [2.75, 3.05) is 0 Å². The molecule has 1 aromatic heterocycles. The van der Waals surface area contributed by atoms with Gasteiger partial charge in [-0.1, -0.05) is 24.3 Å². The Morgan fingerprint density at radius 2 is 1.95 bits per heavy atom. The second kappa shape index (κ2) is 4.15. The predicted octanol–water partition coefficient (Wildman–Crippen LogP) is 3.17. The number of hydrogen-bond donors (Lipinski definition) is 1. The van der Waals surface area contributed by atoms with Gasteiger partial charge in [0.1, 0.15) is 5.01 Å². The lowest BCUT2D eigenvalue weighted by Crippen LogP contribution is -2.35. The number of hydrogen-bond acceptors (Lipinski definition) is 3. The molecule has 1 aromatic carbocycles. The fourth-order valence-electron chi connectivity index (χ4n) is 3.40. The van der Waals surface area contributed by atoms with Gasteiger partial charge in [0.2, 0.25) is 0 Å². The Kier molecular flexibility index (Phi) is 2.54. The first-order chi connectivity index (χ1) is 9.27. The number of thiazole rings is 1. The van der Waals surface area contributed by atoms with Gasteiger partial charge in [-0.05, 0) is 49.7 Å². The number of fused-ring (bicyclic) bond motifs is 2. The maximum Gasteiger partial charge on any atom is 0.118 e. The maximum atomic E-state index is 6.75. The van der Waals surface area contributed by atoms with Crippen LogP contribution in [0.15, 0.2) is 24.3 Å². The van der Waals surface area contributed by atoms with Gasteiger partial charge in [0.15, 0.2) is 0 Å². The van der Waals surface area contributed by atoms with Crippen molar-refractivity contribution < 1.29 is 0 Å². The minimum absolute atomic E-state index is 0.335. The second-order valence-corrected chi connectivity index (χ2v) is 6.81. The fourth-order valence-corrected chi connectivity index (χ4v) is 4.70. The van der Waals surface area contributed by atoms with E-state index in [-0.39, 0.29) is 5.54 Å². The highest BCUT2D eigenvalue weighted by atomic mass is 32.1. The van der Waals surface area contributed by atoms with Crippen LogP contribution in [-0.2, 0) is 24.8 Å². The van der Waals surface area contributed by atoms with Crippen LogP contribution in [0.5, 0.6) is 0 Å². The van der Waals surface area contributed by atoms with Crippen LogP contribution in [-0.4, -0.2) is 4.98 Å². The standard InChI is InChI=1S/C16H18N2S/c17-16(10-9-11-5-1-2-6-12(11)16)15-18-13-7-3-4-8-14(13)19-15/h1-2,5-6H,3-4,7-10,17H2. The summed E-state index contributed by atoms with van der Waals surface area (Å²) < 4.78 is 0.